The van der Waals surface area contributed by atoms with Crippen molar-refractivity contribution in [1.82, 2.24) is 9.58 Å². The van der Waals surface area contributed by atoms with Crippen molar-refractivity contribution in [2.45, 2.75) is 52.9 Å². The summed E-state index contributed by atoms with van der Waals surface area (Å²) in [4.78, 5) is 17.2. The molecule has 1 saturated carbocycles. The van der Waals surface area contributed by atoms with Crippen molar-refractivity contribution >= 4 is 51.4 Å². The number of thioether (sulfide) groups is 1. The summed E-state index contributed by atoms with van der Waals surface area (Å²) in [5.74, 6) is 0.112. The van der Waals surface area contributed by atoms with Crippen LogP contribution >= 0.6 is 23.4 Å². The number of amides is 1. The molecule has 0 bridgehead atoms. The molecule has 2 aliphatic heterocycles. The molecule has 0 atom stereocenters. The molecule has 33 heavy (non-hydrogen) atoms. The van der Waals surface area contributed by atoms with E-state index in [0.717, 1.165) is 46.1 Å². The Labute approximate surface area is 202 Å². The monoisotopic (exact) mass is 479 g/mol. The van der Waals surface area contributed by atoms with Gasteiger partial charge >= 0.3 is 0 Å². The van der Waals surface area contributed by atoms with Gasteiger partial charge in [0.05, 0.1) is 5.57 Å². The molecule has 6 nitrogen and oxygen atoms in total. The average Bonchev–Trinajstić information content (AvgIpc) is 3.34. The van der Waals surface area contributed by atoms with E-state index in [4.69, 9.17) is 22.1 Å². The van der Waals surface area contributed by atoms with Gasteiger partial charge in [-0.05, 0) is 80.8 Å². The highest BCUT2D eigenvalue weighted by atomic mass is 35.5. The number of nitrogens with one attached hydrogen (secondary N) is 1. The summed E-state index contributed by atoms with van der Waals surface area (Å²) in [6.07, 6.45) is 7.68. The van der Waals surface area contributed by atoms with Crippen LogP contribution < -0.4 is 0 Å². The SMILES string of the molecule is Cc1ccc(-n2c(C)cc(/C=C3/C(=N)N4N=C(C5CCCCC5)SC4=NC3=O)c2C)cc1Cl. The number of aliphatic imine (C=N–C) groups is 1. The number of hydrazone groups is 1. The quantitative estimate of drug-likeness (QED) is 0.528. The Bertz CT molecular complexity index is 1270. The molecule has 8 heteroatoms. The zero-order valence-electron chi connectivity index (χ0n) is 19.0. The Hall–Kier alpha value is -2.64. The fraction of sp³-hybridized carbons (Fsp3) is 0.360. The number of aromatic nitrogens is 1. The molecule has 5 rings (SSSR count). The number of aryl methyl sites for hydroxylation is 2. The van der Waals surface area contributed by atoms with Gasteiger partial charge in [0.15, 0.2) is 5.84 Å². The van der Waals surface area contributed by atoms with Crippen LogP contribution in [-0.4, -0.2) is 31.5 Å². The number of halogens is 1. The molecule has 1 aromatic heterocycles. The molecule has 0 spiro atoms. The topological polar surface area (TPSA) is 73.8 Å². The number of fused-ring (bicyclic) bond motifs is 1. The van der Waals surface area contributed by atoms with Gasteiger partial charge in [-0.2, -0.15) is 15.1 Å². The van der Waals surface area contributed by atoms with Crippen LogP contribution in [0.5, 0.6) is 0 Å². The summed E-state index contributed by atoms with van der Waals surface area (Å²) in [5, 5.41) is 17.1. The van der Waals surface area contributed by atoms with Crippen LogP contribution in [0, 0.1) is 32.1 Å². The number of hydrogen-bond acceptors (Lipinski definition) is 4. The van der Waals surface area contributed by atoms with Crippen molar-refractivity contribution in [3.8, 4) is 5.69 Å². The van der Waals surface area contributed by atoms with Crippen molar-refractivity contribution in [3.05, 3.63) is 57.4 Å². The predicted molar refractivity (Wildman–Crippen MR) is 137 cm³/mol. The summed E-state index contributed by atoms with van der Waals surface area (Å²) < 4.78 is 2.11. The molecule has 0 saturated heterocycles. The van der Waals surface area contributed by atoms with E-state index >= 15 is 0 Å². The highest BCUT2D eigenvalue weighted by Gasteiger charge is 2.38. The molecule has 1 aromatic carbocycles. The van der Waals surface area contributed by atoms with E-state index in [9.17, 15) is 4.79 Å². The second-order valence-electron chi connectivity index (χ2n) is 8.89. The van der Waals surface area contributed by atoms with Crippen molar-refractivity contribution in [2.75, 3.05) is 0 Å². The fourth-order valence-corrected chi connectivity index (χ4v) is 5.96. The fourth-order valence-electron chi connectivity index (χ4n) is 4.73. The third-order valence-corrected chi connectivity index (χ3v) is 8.09. The van der Waals surface area contributed by atoms with Crippen LogP contribution in [0.4, 0.5) is 0 Å². The third kappa shape index (κ3) is 3.97. The first-order valence-electron chi connectivity index (χ1n) is 11.3. The number of carbonyl (C=O) groups excluding carboxylic acids is 1. The smallest absolute Gasteiger partial charge is 0.283 e. The molecule has 1 amide bonds. The lowest BCUT2D eigenvalue weighted by Gasteiger charge is -2.20. The van der Waals surface area contributed by atoms with Crippen LogP contribution in [0.2, 0.25) is 5.02 Å². The van der Waals surface area contributed by atoms with Crippen LogP contribution in [0.3, 0.4) is 0 Å². The van der Waals surface area contributed by atoms with Gasteiger partial charge in [0.1, 0.15) is 5.04 Å². The number of rotatable bonds is 3. The molecule has 1 fully saturated rings. The third-order valence-electron chi connectivity index (χ3n) is 6.61. The first-order valence-corrected chi connectivity index (χ1v) is 12.5. The van der Waals surface area contributed by atoms with Gasteiger partial charge in [-0.15, -0.1) is 0 Å². The Morgan fingerprint density at radius 2 is 1.91 bits per heavy atom. The van der Waals surface area contributed by atoms with Gasteiger partial charge in [-0.1, -0.05) is 36.9 Å². The summed E-state index contributed by atoms with van der Waals surface area (Å²) in [6.45, 7) is 6.00. The maximum atomic E-state index is 12.9. The van der Waals surface area contributed by atoms with E-state index in [-0.39, 0.29) is 17.3 Å². The number of amidine groups is 2. The van der Waals surface area contributed by atoms with Crippen LogP contribution in [0.15, 0.2) is 39.9 Å². The lowest BCUT2D eigenvalue weighted by molar-refractivity contribution is -0.114. The Kier molecular flexibility index (Phi) is 5.79. The minimum Gasteiger partial charge on any atom is -0.318 e. The summed E-state index contributed by atoms with van der Waals surface area (Å²) in [7, 11) is 0. The van der Waals surface area contributed by atoms with Crippen LogP contribution in [0.1, 0.15) is 54.6 Å². The second kappa shape index (κ2) is 8.61. The Morgan fingerprint density at radius 3 is 2.64 bits per heavy atom. The summed E-state index contributed by atoms with van der Waals surface area (Å²) in [6, 6.07) is 8.00. The van der Waals surface area contributed by atoms with Crippen molar-refractivity contribution in [2.24, 2.45) is 16.0 Å². The van der Waals surface area contributed by atoms with Crippen molar-refractivity contribution in [3.63, 3.8) is 0 Å². The van der Waals surface area contributed by atoms with Crippen LogP contribution in [-0.2, 0) is 4.79 Å². The molecule has 1 N–H and O–H groups in total. The second-order valence-corrected chi connectivity index (χ2v) is 10.3. The van der Waals surface area contributed by atoms with E-state index in [1.54, 1.807) is 6.08 Å². The largest absolute Gasteiger partial charge is 0.318 e. The van der Waals surface area contributed by atoms with Crippen LogP contribution in [0.25, 0.3) is 11.8 Å². The maximum Gasteiger partial charge on any atom is 0.283 e. The number of carbonyl (C=O) groups is 1. The molecule has 1 aliphatic carbocycles. The van der Waals surface area contributed by atoms with E-state index in [0.29, 0.717) is 16.1 Å². The molecular weight excluding hydrogens is 454 g/mol. The normalized spacial score (nSPS) is 20.4. The highest BCUT2D eigenvalue weighted by Crippen LogP contribution is 2.36. The minimum absolute atomic E-state index is 0.0893. The standard InChI is InChI=1S/C25H26ClN5OS/c1-14-9-10-19(13-21(14)26)30-15(2)11-18(16(30)3)12-20-22(27)31-25(28-23(20)32)33-24(29-31)17-7-5-4-6-8-17/h9-13,17,27H,4-8H2,1-3H3/b20-12-,27-22?. The minimum atomic E-state index is -0.387. The van der Waals surface area contributed by atoms with E-state index in [2.05, 4.69) is 9.56 Å². The highest BCUT2D eigenvalue weighted by molar-refractivity contribution is 8.27. The van der Waals surface area contributed by atoms with Gasteiger partial charge in [0.25, 0.3) is 5.91 Å². The van der Waals surface area contributed by atoms with E-state index < -0.39 is 0 Å². The van der Waals surface area contributed by atoms with Gasteiger partial charge in [0.2, 0.25) is 5.17 Å². The maximum absolute atomic E-state index is 12.9. The average molecular weight is 480 g/mol. The summed E-state index contributed by atoms with van der Waals surface area (Å²) >= 11 is 7.80. The molecular formula is C25H26ClN5OS. The van der Waals surface area contributed by atoms with E-state index in [1.165, 1.54) is 36.0 Å². The van der Waals surface area contributed by atoms with Gasteiger partial charge < -0.3 is 4.57 Å². The zero-order valence-corrected chi connectivity index (χ0v) is 20.6. The first-order chi connectivity index (χ1) is 15.8. The van der Waals surface area contributed by atoms with E-state index in [1.807, 2.05) is 45.0 Å². The molecule has 3 heterocycles. The molecule has 0 unspecified atom stereocenters. The summed E-state index contributed by atoms with van der Waals surface area (Å²) in [5.41, 5.74) is 5.12. The molecule has 3 aliphatic rings. The van der Waals surface area contributed by atoms with Gasteiger partial charge in [-0.3, -0.25) is 10.2 Å². The Balaban J connectivity index is 1.48. The zero-order chi connectivity index (χ0) is 23.3. The lowest BCUT2D eigenvalue weighted by Crippen LogP contribution is -2.35. The molecule has 0 radical (unpaired) electrons. The number of nitrogens with zero attached hydrogens (tertiary/aromatic N) is 4. The van der Waals surface area contributed by atoms with Crippen molar-refractivity contribution < 1.29 is 4.79 Å². The number of hydrogen-bond donors (Lipinski definition) is 1. The van der Waals surface area contributed by atoms with Gasteiger partial charge in [0, 0.05) is 28.0 Å². The van der Waals surface area contributed by atoms with Gasteiger partial charge in [-0.25, -0.2) is 0 Å². The number of benzene rings is 1. The molecule has 170 valence electrons. The Morgan fingerprint density at radius 1 is 1.15 bits per heavy atom. The molecule has 2 aromatic rings. The first kappa shape index (κ1) is 22.2. The van der Waals surface area contributed by atoms with Crippen molar-refractivity contribution in [1.29, 1.82) is 5.41 Å². The lowest BCUT2D eigenvalue weighted by atomic mass is 9.90. The predicted octanol–water partition coefficient (Wildman–Crippen LogP) is 6.26.